The number of hydrogen-bond acceptors (Lipinski definition) is 4. The highest BCUT2D eigenvalue weighted by Crippen LogP contribution is 2.25. The van der Waals surface area contributed by atoms with E-state index in [2.05, 4.69) is 4.90 Å². The molecule has 1 aliphatic heterocycles. The van der Waals surface area contributed by atoms with Crippen LogP contribution >= 0.6 is 0 Å². The van der Waals surface area contributed by atoms with Crippen LogP contribution in [0.1, 0.15) is 35.7 Å². The number of phenolic OH excluding ortho intramolecular Hbond substituents is 1. The zero-order valence-corrected chi connectivity index (χ0v) is 12.7. The third-order valence-corrected chi connectivity index (χ3v) is 3.97. The molecule has 1 fully saturated rings. The number of halogens is 1. The van der Waals surface area contributed by atoms with Crippen molar-refractivity contribution < 1.29 is 14.3 Å². The number of phenols is 1. The van der Waals surface area contributed by atoms with Crippen LogP contribution in [0.2, 0.25) is 0 Å². The van der Waals surface area contributed by atoms with Crippen LogP contribution in [0.4, 0.5) is 4.39 Å². The monoisotopic (exact) mass is 294 g/mol. The fraction of sp³-hybridized carbons (Fsp3) is 0.562. The highest BCUT2D eigenvalue weighted by molar-refractivity contribution is 5.97. The van der Waals surface area contributed by atoms with E-state index < -0.39 is 5.82 Å². The molecule has 1 N–H and O–H groups in total. The minimum atomic E-state index is -0.485. The lowest BCUT2D eigenvalue weighted by molar-refractivity contribution is 0.101. The molecule has 1 saturated heterocycles. The van der Waals surface area contributed by atoms with Crippen molar-refractivity contribution in [1.82, 2.24) is 9.80 Å². The van der Waals surface area contributed by atoms with Gasteiger partial charge in [0.1, 0.15) is 11.6 Å². The Kier molecular flexibility index (Phi) is 5.31. The number of rotatable bonds is 6. The van der Waals surface area contributed by atoms with E-state index in [1.165, 1.54) is 25.8 Å². The molecule has 1 heterocycles. The maximum Gasteiger partial charge on any atom is 0.163 e. The molecule has 116 valence electrons. The van der Waals surface area contributed by atoms with Crippen molar-refractivity contribution in [3.8, 4) is 5.75 Å². The van der Waals surface area contributed by atoms with Crippen LogP contribution < -0.4 is 0 Å². The number of aromatic hydroxyl groups is 1. The first-order chi connectivity index (χ1) is 9.97. The first-order valence-electron chi connectivity index (χ1n) is 7.40. The van der Waals surface area contributed by atoms with Crippen molar-refractivity contribution in [1.29, 1.82) is 0 Å². The first kappa shape index (κ1) is 15.9. The number of nitrogens with zero attached hydrogens (tertiary/aromatic N) is 2. The quantitative estimate of drug-likeness (QED) is 0.817. The van der Waals surface area contributed by atoms with E-state index in [0.29, 0.717) is 12.1 Å². The third kappa shape index (κ3) is 4.25. The Morgan fingerprint density at radius 3 is 2.67 bits per heavy atom. The van der Waals surface area contributed by atoms with Crippen molar-refractivity contribution >= 4 is 5.78 Å². The Morgan fingerprint density at radius 1 is 1.38 bits per heavy atom. The van der Waals surface area contributed by atoms with E-state index in [1.807, 2.05) is 11.9 Å². The molecule has 21 heavy (non-hydrogen) atoms. The molecule has 4 nitrogen and oxygen atoms in total. The Labute approximate surface area is 125 Å². The van der Waals surface area contributed by atoms with Gasteiger partial charge in [-0.15, -0.1) is 0 Å². The van der Waals surface area contributed by atoms with Crippen LogP contribution in [-0.4, -0.2) is 53.9 Å². The van der Waals surface area contributed by atoms with Gasteiger partial charge in [-0.2, -0.15) is 0 Å². The van der Waals surface area contributed by atoms with Crippen LogP contribution in [0, 0.1) is 5.82 Å². The van der Waals surface area contributed by atoms with Crippen LogP contribution in [0.5, 0.6) is 5.75 Å². The van der Waals surface area contributed by atoms with Crippen molar-refractivity contribution in [3.05, 3.63) is 29.1 Å². The lowest BCUT2D eigenvalue weighted by Gasteiger charge is -2.22. The molecule has 1 aromatic carbocycles. The van der Waals surface area contributed by atoms with E-state index in [9.17, 15) is 14.3 Å². The summed E-state index contributed by atoms with van der Waals surface area (Å²) in [6.45, 7) is 5.88. The first-order valence-corrected chi connectivity index (χ1v) is 7.40. The van der Waals surface area contributed by atoms with Crippen LogP contribution in [-0.2, 0) is 6.54 Å². The molecule has 0 bridgehead atoms. The van der Waals surface area contributed by atoms with Gasteiger partial charge >= 0.3 is 0 Å². The van der Waals surface area contributed by atoms with E-state index >= 15 is 0 Å². The van der Waals surface area contributed by atoms with Gasteiger partial charge in [0, 0.05) is 25.2 Å². The number of Topliss-reactive ketones (excluding diaryl/α,β-unsaturated/α-hetero) is 1. The molecule has 1 aromatic rings. The van der Waals surface area contributed by atoms with Crippen LogP contribution in [0.25, 0.3) is 0 Å². The number of ketones is 1. The molecular formula is C16H23FN2O2. The van der Waals surface area contributed by atoms with E-state index in [1.54, 1.807) is 0 Å². The van der Waals surface area contributed by atoms with Gasteiger partial charge < -0.3 is 14.9 Å². The highest BCUT2D eigenvalue weighted by atomic mass is 19.1. The molecule has 0 atom stereocenters. The minimum Gasteiger partial charge on any atom is -0.507 e. The molecule has 0 unspecified atom stereocenters. The number of likely N-dealkylation sites (tertiary alicyclic amines) is 1. The van der Waals surface area contributed by atoms with Gasteiger partial charge in [-0.25, -0.2) is 4.39 Å². The standard InChI is InChI=1S/C16H23FN2O2/c1-12(20)15-10-14(17)9-13(16(15)21)11-18(2)7-8-19-5-3-4-6-19/h9-10,21H,3-8,11H2,1-2H3. The smallest absolute Gasteiger partial charge is 0.163 e. The second-order valence-electron chi connectivity index (χ2n) is 5.80. The average molecular weight is 294 g/mol. The van der Waals surface area contributed by atoms with Crippen molar-refractivity contribution in [2.45, 2.75) is 26.3 Å². The largest absolute Gasteiger partial charge is 0.507 e. The Balaban J connectivity index is 1.99. The number of carbonyl (C=O) groups is 1. The molecule has 0 amide bonds. The van der Waals surface area contributed by atoms with Gasteiger partial charge in [-0.05, 0) is 52.0 Å². The lowest BCUT2D eigenvalue weighted by Crippen LogP contribution is -2.31. The fourth-order valence-electron chi connectivity index (χ4n) is 2.73. The SMILES string of the molecule is CC(=O)c1cc(F)cc(CN(C)CCN2CCCC2)c1O. The molecule has 0 saturated carbocycles. The Hall–Kier alpha value is -1.46. The Morgan fingerprint density at radius 2 is 2.05 bits per heavy atom. The predicted molar refractivity (Wildman–Crippen MR) is 80.1 cm³/mol. The second kappa shape index (κ2) is 7.00. The topological polar surface area (TPSA) is 43.8 Å². The van der Waals surface area contributed by atoms with Crippen molar-refractivity contribution in [2.75, 3.05) is 33.2 Å². The van der Waals surface area contributed by atoms with Crippen LogP contribution in [0.15, 0.2) is 12.1 Å². The summed E-state index contributed by atoms with van der Waals surface area (Å²) in [6.07, 6.45) is 2.52. The summed E-state index contributed by atoms with van der Waals surface area (Å²) >= 11 is 0. The third-order valence-electron chi connectivity index (χ3n) is 3.97. The molecule has 5 heteroatoms. The van der Waals surface area contributed by atoms with Crippen molar-refractivity contribution in [3.63, 3.8) is 0 Å². The zero-order chi connectivity index (χ0) is 15.4. The maximum absolute atomic E-state index is 13.6. The van der Waals surface area contributed by atoms with E-state index in [0.717, 1.165) is 32.2 Å². The molecule has 0 aliphatic carbocycles. The summed E-state index contributed by atoms with van der Waals surface area (Å²) in [5.41, 5.74) is 0.516. The predicted octanol–water partition coefficient (Wildman–Crippen LogP) is 2.26. The fourth-order valence-corrected chi connectivity index (χ4v) is 2.73. The normalized spacial score (nSPS) is 15.8. The van der Waals surface area contributed by atoms with E-state index in [-0.39, 0.29) is 17.1 Å². The van der Waals surface area contributed by atoms with Gasteiger partial charge in [0.25, 0.3) is 0 Å². The summed E-state index contributed by atoms with van der Waals surface area (Å²) in [4.78, 5) is 15.9. The summed E-state index contributed by atoms with van der Waals surface area (Å²) in [7, 11) is 1.94. The number of likely N-dealkylation sites (N-methyl/N-ethyl adjacent to an activating group) is 1. The summed E-state index contributed by atoms with van der Waals surface area (Å²) < 4.78 is 13.6. The van der Waals surface area contributed by atoms with Gasteiger partial charge in [0.05, 0.1) is 5.56 Å². The minimum absolute atomic E-state index is 0.0537. The van der Waals surface area contributed by atoms with E-state index in [4.69, 9.17) is 0 Å². The van der Waals surface area contributed by atoms with Gasteiger partial charge in [-0.3, -0.25) is 4.79 Å². The maximum atomic E-state index is 13.6. The molecule has 1 aliphatic rings. The Bertz CT molecular complexity index is 513. The molecule has 0 aromatic heterocycles. The molecular weight excluding hydrogens is 271 g/mol. The number of benzene rings is 1. The zero-order valence-electron chi connectivity index (χ0n) is 12.7. The number of carbonyl (C=O) groups excluding carboxylic acids is 1. The summed E-state index contributed by atoms with van der Waals surface area (Å²) in [5.74, 6) is -0.911. The summed E-state index contributed by atoms with van der Waals surface area (Å²) in [6, 6.07) is 2.39. The summed E-state index contributed by atoms with van der Waals surface area (Å²) in [5, 5.41) is 10.1. The average Bonchev–Trinajstić information content (AvgIpc) is 2.93. The molecule has 0 spiro atoms. The van der Waals surface area contributed by atoms with Gasteiger partial charge in [0.15, 0.2) is 5.78 Å². The van der Waals surface area contributed by atoms with Gasteiger partial charge in [-0.1, -0.05) is 0 Å². The highest BCUT2D eigenvalue weighted by Gasteiger charge is 2.16. The van der Waals surface area contributed by atoms with Crippen molar-refractivity contribution in [2.24, 2.45) is 0 Å². The number of hydrogen-bond donors (Lipinski definition) is 1. The van der Waals surface area contributed by atoms with Crippen LogP contribution in [0.3, 0.4) is 0 Å². The second-order valence-corrected chi connectivity index (χ2v) is 5.80. The lowest BCUT2D eigenvalue weighted by atomic mass is 10.1. The van der Waals surface area contributed by atoms with Gasteiger partial charge in [0.2, 0.25) is 0 Å². The molecule has 2 rings (SSSR count). The molecule has 0 radical (unpaired) electrons.